The number of carbonyl (C=O) groups is 2. The first-order valence-electron chi connectivity index (χ1n) is 4.47. The van der Waals surface area contributed by atoms with E-state index in [1.807, 2.05) is 6.07 Å². The molecule has 0 radical (unpaired) electrons. The Bertz CT molecular complexity index is 452. The summed E-state index contributed by atoms with van der Waals surface area (Å²) in [5, 5.41) is 20.7. The van der Waals surface area contributed by atoms with Crippen LogP contribution in [0, 0.1) is 0 Å². The molecular weight excluding hydrogens is 222 g/mol. The number of benzene rings is 1. The predicted molar refractivity (Wildman–Crippen MR) is 53.6 cm³/mol. The molecule has 1 aromatic rings. The van der Waals surface area contributed by atoms with Crippen LogP contribution in [0.3, 0.4) is 0 Å². The Hall–Kier alpha value is -1.17. The predicted octanol–water partition coefficient (Wildman–Crippen LogP) is -6.87. The smallest absolute Gasteiger partial charge is 0.545 e. The monoisotopic (exact) mass is 230 g/mol. The van der Waals surface area contributed by atoms with Crippen LogP contribution in [0.5, 0.6) is 0 Å². The fourth-order valence-electron chi connectivity index (χ4n) is 1.05. The molecule has 0 aliphatic rings. The van der Waals surface area contributed by atoms with Crippen LogP contribution < -0.4 is 47.9 Å². The van der Waals surface area contributed by atoms with Crippen LogP contribution >= 0.6 is 0 Å². The van der Waals surface area contributed by atoms with Crippen LogP contribution in [0.2, 0.25) is 0 Å². The van der Waals surface area contributed by atoms with Crippen LogP contribution in [-0.4, -0.2) is 11.9 Å². The zero-order chi connectivity index (χ0) is 12.0. The van der Waals surface area contributed by atoms with Gasteiger partial charge in [0.25, 0.3) is 0 Å². The second-order valence-electron chi connectivity index (χ2n) is 2.95. The van der Waals surface area contributed by atoms with E-state index >= 15 is 0 Å². The fraction of sp³-hybridized carbons (Fsp3) is 0. The number of carboxylic acids is 2. The molecule has 6 heteroatoms. The Labute approximate surface area is 129 Å². The zero-order valence-electron chi connectivity index (χ0n) is 10.3. The topological polar surface area (TPSA) is 80.3 Å². The van der Waals surface area contributed by atoms with Gasteiger partial charge >= 0.3 is 37.7 Å². The molecule has 0 spiro atoms. The SMILES string of the molecule is O=C([O-])/C=C(/C=C/c1ccccc1)C(=O)[O-].[Li+].[Li+]. The molecule has 0 saturated heterocycles. The van der Waals surface area contributed by atoms with Gasteiger partial charge in [0.1, 0.15) is 0 Å². The van der Waals surface area contributed by atoms with Gasteiger partial charge in [-0.1, -0.05) is 42.5 Å². The zero-order valence-corrected chi connectivity index (χ0v) is 10.3. The van der Waals surface area contributed by atoms with Crippen molar-refractivity contribution in [2.24, 2.45) is 0 Å². The third-order valence-corrected chi connectivity index (χ3v) is 1.76. The van der Waals surface area contributed by atoms with Crippen LogP contribution in [0.25, 0.3) is 6.08 Å². The molecule has 4 nitrogen and oxygen atoms in total. The maximum Gasteiger partial charge on any atom is 1.00 e. The summed E-state index contributed by atoms with van der Waals surface area (Å²) < 4.78 is 0. The van der Waals surface area contributed by atoms with Gasteiger partial charge in [0.2, 0.25) is 0 Å². The average molecular weight is 230 g/mol. The Balaban J connectivity index is 0. The van der Waals surface area contributed by atoms with Crippen molar-refractivity contribution in [3.63, 3.8) is 0 Å². The van der Waals surface area contributed by atoms with Gasteiger partial charge < -0.3 is 19.8 Å². The summed E-state index contributed by atoms with van der Waals surface area (Å²) >= 11 is 0. The van der Waals surface area contributed by atoms with Gasteiger partial charge in [0, 0.05) is 0 Å². The van der Waals surface area contributed by atoms with E-state index in [1.54, 1.807) is 24.3 Å². The van der Waals surface area contributed by atoms with E-state index in [9.17, 15) is 19.8 Å². The van der Waals surface area contributed by atoms with Crippen LogP contribution in [0.15, 0.2) is 48.1 Å². The molecule has 0 fully saturated rings. The summed E-state index contributed by atoms with van der Waals surface area (Å²) in [6.07, 6.45) is 3.11. The van der Waals surface area contributed by atoms with Crippen molar-refractivity contribution in [3.05, 3.63) is 53.6 Å². The van der Waals surface area contributed by atoms with Crippen molar-refractivity contribution in [3.8, 4) is 0 Å². The molecule has 0 aromatic heterocycles. The van der Waals surface area contributed by atoms with E-state index in [2.05, 4.69) is 0 Å². The van der Waals surface area contributed by atoms with Gasteiger partial charge in [0.15, 0.2) is 0 Å². The van der Waals surface area contributed by atoms with Crippen molar-refractivity contribution < 1.29 is 57.5 Å². The first-order valence-corrected chi connectivity index (χ1v) is 4.47. The van der Waals surface area contributed by atoms with Gasteiger partial charge in [-0.25, -0.2) is 0 Å². The Morgan fingerprint density at radius 1 is 1.00 bits per heavy atom. The summed E-state index contributed by atoms with van der Waals surface area (Å²) in [6.45, 7) is 0. The van der Waals surface area contributed by atoms with E-state index < -0.39 is 17.5 Å². The second-order valence-corrected chi connectivity index (χ2v) is 2.95. The molecule has 0 saturated carbocycles. The maximum atomic E-state index is 10.5. The van der Waals surface area contributed by atoms with Crippen LogP contribution in [-0.2, 0) is 9.59 Å². The van der Waals surface area contributed by atoms with Crippen molar-refractivity contribution in [2.75, 3.05) is 0 Å². The molecule has 0 heterocycles. The van der Waals surface area contributed by atoms with Crippen molar-refractivity contribution in [1.29, 1.82) is 0 Å². The minimum atomic E-state index is -1.57. The molecule has 0 amide bonds. The molecule has 82 valence electrons. The normalized spacial score (nSPS) is 10.3. The number of hydrogen-bond acceptors (Lipinski definition) is 4. The summed E-state index contributed by atoms with van der Waals surface area (Å²) in [5.74, 6) is -3.13. The Morgan fingerprint density at radius 2 is 1.56 bits per heavy atom. The van der Waals surface area contributed by atoms with Gasteiger partial charge in [-0.2, -0.15) is 0 Å². The van der Waals surface area contributed by atoms with Crippen molar-refractivity contribution in [1.82, 2.24) is 0 Å². The molecule has 1 rings (SSSR count). The van der Waals surface area contributed by atoms with E-state index in [0.29, 0.717) is 6.08 Å². The third-order valence-electron chi connectivity index (χ3n) is 1.76. The average Bonchev–Trinajstić information content (AvgIpc) is 2.25. The summed E-state index contributed by atoms with van der Waals surface area (Å²) in [7, 11) is 0. The molecule has 0 aliphatic carbocycles. The molecule has 0 aliphatic heterocycles. The first kappa shape index (κ1) is 19.2. The number of rotatable bonds is 4. The first-order chi connectivity index (χ1) is 7.59. The fourth-order valence-corrected chi connectivity index (χ4v) is 1.05. The maximum absolute atomic E-state index is 10.5. The molecule has 18 heavy (non-hydrogen) atoms. The number of hydrogen-bond donors (Lipinski definition) is 0. The van der Waals surface area contributed by atoms with Gasteiger partial charge in [0.05, 0.1) is 11.9 Å². The summed E-state index contributed by atoms with van der Waals surface area (Å²) in [6, 6.07) is 8.88. The molecular formula is C12H8Li2O4. The van der Waals surface area contributed by atoms with E-state index in [0.717, 1.165) is 11.6 Å². The van der Waals surface area contributed by atoms with Crippen LogP contribution in [0.1, 0.15) is 5.56 Å². The number of aliphatic carboxylic acids is 2. The van der Waals surface area contributed by atoms with Gasteiger partial charge in [-0.05, 0) is 17.2 Å². The third kappa shape index (κ3) is 7.22. The quantitative estimate of drug-likeness (QED) is 0.292. The van der Waals surface area contributed by atoms with Crippen molar-refractivity contribution in [2.45, 2.75) is 0 Å². The Morgan fingerprint density at radius 3 is 2.00 bits per heavy atom. The molecule has 1 aromatic carbocycles. The van der Waals surface area contributed by atoms with Crippen molar-refractivity contribution >= 4 is 18.0 Å². The molecule has 0 unspecified atom stereocenters. The summed E-state index contributed by atoms with van der Waals surface area (Å²) in [4.78, 5) is 20.7. The standard InChI is InChI=1S/C12H10O4.2Li/c13-11(14)8-10(12(15)16)7-6-9-4-2-1-3-5-9;;/h1-8H,(H,13,14)(H,15,16);;/q;2*+1/p-2/b7-6+,10-8-;;. The minimum Gasteiger partial charge on any atom is -0.545 e. The second kappa shape index (κ2) is 9.82. The number of carboxylic acid groups (broad SMARTS) is 2. The van der Waals surface area contributed by atoms with E-state index in [-0.39, 0.29) is 37.7 Å². The van der Waals surface area contributed by atoms with Crippen LogP contribution in [0.4, 0.5) is 0 Å². The summed E-state index contributed by atoms with van der Waals surface area (Å²) in [5.41, 5.74) is 0.317. The Kier molecular flexibility index (Phi) is 10.5. The van der Waals surface area contributed by atoms with E-state index in [1.165, 1.54) is 6.08 Å². The van der Waals surface area contributed by atoms with Gasteiger partial charge in [-0.15, -0.1) is 0 Å². The molecule has 0 atom stereocenters. The van der Waals surface area contributed by atoms with E-state index in [4.69, 9.17) is 0 Å². The molecule has 0 bridgehead atoms. The number of carbonyl (C=O) groups excluding carboxylic acids is 2. The molecule has 0 N–H and O–H groups in total. The minimum absolute atomic E-state index is 0. The largest absolute Gasteiger partial charge is 1.00 e. The van der Waals surface area contributed by atoms with Gasteiger partial charge in [-0.3, -0.25) is 0 Å².